The third-order valence-corrected chi connectivity index (χ3v) is 10.2. The van der Waals surface area contributed by atoms with Crippen LogP contribution in [0.5, 0.6) is 11.5 Å². The number of nitrogens with zero attached hydrogens (tertiary/aromatic N) is 3. The lowest BCUT2D eigenvalue weighted by molar-refractivity contribution is 0.0723. The van der Waals surface area contributed by atoms with Crippen molar-refractivity contribution in [2.45, 2.75) is 43.7 Å². The van der Waals surface area contributed by atoms with Gasteiger partial charge in [0.25, 0.3) is 5.91 Å². The van der Waals surface area contributed by atoms with E-state index >= 15 is 0 Å². The number of fused-ring (bicyclic) bond motifs is 3. The maximum atomic E-state index is 13.7. The largest absolute Gasteiger partial charge is 0.491 e. The minimum absolute atomic E-state index is 0.00235. The van der Waals surface area contributed by atoms with E-state index in [1.54, 1.807) is 47.5 Å². The van der Waals surface area contributed by atoms with Gasteiger partial charge in [0.1, 0.15) is 30.3 Å². The second-order valence-electron chi connectivity index (χ2n) is 12.2. The van der Waals surface area contributed by atoms with Gasteiger partial charge in [0.15, 0.2) is 0 Å². The number of carbonyl (C=O) groups excluding carboxylic acids is 2. The van der Waals surface area contributed by atoms with E-state index in [9.17, 15) is 14.7 Å². The van der Waals surface area contributed by atoms with Gasteiger partial charge in [0.2, 0.25) is 0 Å². The lowest BCUT2D eigenvalue weighted by Gasteiger charge is -2.35. The number of halogens is 2. The van der Waals surface area contributed by atoms with Crippen molar-refractivity contribution in [2.75, 3.05) is 19.7 Å². The molecule has 5 aromatic rings. The molecule has 0 bridgehead atoms. The van der Waals surface area contributed by atoms with E-state index in [1.807, 2.05) is 47.1 Å². The summed E-state index contributed by atoms with van der Waals surface area (Å²) < 4.78 is 13.1. The van der Waals surface area contributed by atoms with Gasteiger partial charge in [-0.1, -0.05) is 36.2 Å². The molecule has 11 heteroatoms. The third-order valence-electron chi connectivity index (χ3n) is 9.12. The fraction of sp³-hybridized carbons (Fsp3) is 0.270. The van der Waals surface area contributed by atoms with Crippen LogP contribution < -0.4 is 9.47 Å². The number of benzene rings is 3. The molecular formula is C37H34ClIN4O5. The Balaban J connectivity index is 1.10. The predicted molar refractivity (Wildman–Crippen MR) is 192 cm³/mol. The summed E-state index contributed by atoms with van der Waals surface area (Å²) in [6, 6.07) is 24.0. The number of aliphatic hydroxyl groups excluding tert-OH is 1. The Hall–Kier alpha value is -4.13. The third kappa shape index (κ3) is 6.87. The molecule has 1 aliphatic heterocycles. The van der Waals surface area contributed by atoms with Gasteiger partial charge in [0.05, 0.1) is 35.0 Å². The topological polar surface area (TPSA) is 108 Å². The Morgan fingerprint density at radius 3 is 2.50 bits per heavy atom. The first-order valence-corrected chi connectivity index (χ1v) is 17.3. The first-order chi connectivity index (χ1) is 23.3. The van der Waals surface area contributed by atoms with Crippen LogP contribution in [0.3, 0.4) is 0 Å². The van der Waals surface area contributed by atoms with Crippen molar-refractivity contribution in [3.63, 3.8) is 0 Å². The molecule has 2 unspecified atom stereocenters. The number of hydrogen-bond donors (Lipinski definition) is 2. The summed E-state index contributed by atoms with van der Waals surface area (Å²) >= 11 is 7.94. The Labute approximate surface area is 297 Å². The van der Waals surface area contributed by atoms with Gasteiger partial charge in [-0.25, -0.2) is 4.79 Å². The molecule has 7 rings (SSSR count). The highest BCUT2D eigenvalue weighted by Crippen LogP contribution is 2.42. The number of H-pyrrole nitrogens is 1. The number of pyridine rings is 1. The molecule has 2 atom stereocenters. The van der Waals surface area contributed by atoms with Gasteiger partial charge >= 0.3 is 6.09 Å². The normalized spacial score (nSPS) is 16.6. The highest BCUT2D eigenvalue weighted by molar-refractivity contribution is 14.1. The number of aliphatic hydroxyl groups is 1. The molecular weight excluding hydrogens is 743 g/mol. The van der Waals surface area contributed by atoms with E-state index in [4.69, 9.17) is 21.1 Å². The van der Waals surface area contributed by atoms with Gasteiger partial charge in [-0.2, -0.15) is 0 Å². The highest BCUT2D eigenvalue weighted by atomic mass is 127. The van der Waals surface area contributed by atoms with E-state index < -0.39 is 18.2 Å². The van der Waals surface area contributed by atoms with Crippen molar-refractivity contribution >= 4 is 57.4 Å². The lowest BCUT2D eigenvalue weighted by atomic mass is 9.79. The number of hydrogen-bond acceptors (Lipinski definition) is 6. The molecule has 0 saturated heterocycles. The summed E-state index contributed by atoms with van der Waals surface area (Å²) in [7, 11) is 0. The van der Waals surface area contributed by atoms with Crippen LogP contribution in [-0.2, 0) is 6.42 Å². The zero-order valence-electron chi connectivity index (χ0n) is 26.0. The minimum atomic E-state index is -0.905. The van der Waals surface area contributed by atoms with Gasteiger partial charge in [-0.3, -0.25) is 17.8 Å². The van der Waals surface area contributed by atoms with Crippen LogP contribution in [0.4, 0.5) is 4.79 Å². The maximum absolute atomic E-state index is 13.7. The fourth-order valence-electron chi connectivity index (χ4n) is 6.40. The molecule has 3 aromatic carbocycles. The molecule has 0 radical (unpaired) electrons. The van der Waals surface area contributed by atoms with Crippen LogP contribution in [-0.4, -0.2) is 60.9 Å². The van der Waals surface area contributed by atoms with E-state index in [2.05, 4.69) is 28.2 Å². The lowest BCUT2D eigenvalue weighted by Crippen LogP contribution is -2.42. The van der Waals surface area contributed by atoms with Crippen LogP contribution in [0.15, 0.2) is 91.3 Å². The van der Waals surface area contributed by atoms with Crippen molar-refractivity contribution in [1.29, 1.82) is 0 Å². The fourth-order valence-corrected chi connectivity index (χ4v) is 7.25. The summed E-state index contributed by atoms with van der Waals surface area (Å²) in [5.41, 5.74) is 5.97. The number of aromatic amines is 1. The number of amides is 2. The summed E-state index contributed by atoms with van der Waals surface area (Å²) in [4.78, 5) is 35.7. The number of rotatable bonds is 9. The molecule has 1 aliphatic carbocycles. The molecule has 0 spiro atoms. The van der Waals surface area contributed by atoms with Crippen molar-refractivity contribution in [2.24, 2.45) is 0 Å². The van der Waals surface area contributed by atoms with Crippen molar-refractivity contribution in [1.82, 2.24) is 18.0 Å². The smallest absolute Gasteiger partial charge is 0.416 e. The quantitative estimate of drug-likeness (QED) is 0.117. The first-order valence-electron chi connectivity index (χ1n) is 16.0. The molecule has 246 valence electrons. The van der Waals surface area contributed by atoms with Gasteiger partial charge in [-0.15, -0.1) is 0 Å². The summed E-state index contributed by atoms with van der Waals surface area (Å²) in [6.45, 7) is 0.572. The molecule has 9 nitrogen and oxygen atoms in total. The molecule has 48 heavy (non-hydrogen) atoms. The maximum Gasteiger partial charge on any atom is 0.416 e. The molecule has 2 aromatic heterocycles. The average Bonchev–Trinajstić information content (AvgIpc) is 3.45. The molecule has 2 N–H and O–H groups in total. The van der Waals surface area contributed by atoms with Crippen LogP contribution in [0.2, 0.25) is 5.02 Å². The van der Waals surface area contributed by atoms with E-state index in [0.717, 1.165) is 16.8 Å². The van der Waals surface area contributed by atoms with Gasteiger partial charge in [0, 0.05) is 40.6 Å². The summed E-state index contributed by atoms with van der Waals surface area (Å²) in [5.74, 6) is 1.36. The van der Waals surface area contributed by atoms with Crippen molar-refractivity contribution < 1.29 is 24.2 Å². The molecule has 2 amide bonds. The molecule has 3 heterocycles. The van der Waals surface area contributed by atoms with Gasteiger partial charge in [-0.05, 0) is 103 Å². The van der Waals surface area contributed by atoms with E-state index in [1.165, 1.54) is 45.1 Å². The molecule has 1 saturated carbocycles. The van der Waals surface area contributed by atoms with Crippen molar-refractivity contribution in [3.8, 4) is 11.5 Å². The Kier molecular flexibility index (Phi) is 9.56. The monoisotopic (exact) mass is 776 g/mol. The zero-order chi connectivity index (χ0) is 33.2. The van der Waals surface area contributed by atoms with Crippen LogP contribution >= 0.6 is 34.5 Å². The number of ether oxygens (including phenoxy) is 2. The second kappa shape index (κ2) is 14.2. The predicted octanol–water partition coefficient (Wildman–Crippen LogP) is 7.86. The van der Waals surface area contributed by atoms with Crippen LogP contribution in [0.25, 0.3) is 10.9 Å². The first kappa shape index (κ1) is 32.4. The van der Waals surface area contributed by atoms with Gasteiger partial charge < -0.3 is 19.6 Å². The standard InChI is InChI=1S/C37H34ClIN4O5/c38-27-9-13-30(14-10-27)48-37(46)42-18-16-31-32-19-25(23-3-1-4-23)8-15-33(32)41-34(31)35(42)24-6-11-29(12-7-24)47-22-28(44)21-43(39)36(45)26-5-2-17-40-20-26/h2,5-15,17,19-20,23,28,35,41,44H,1,3-4,16,18,21-22H2. The van der Waals surface area contributed by atoms with E-state index in [0.29, 0.717) is 41.0 Å². The van der Waals surface area contributed by atoms with Crippen LogP contribution in [0.1, 0.15) is 64.0 Å². The Bertz CT molecular complexity index is 1910. The SMILES string of the molecule is O=C(c1cccnc1)N(I)CC(O)COc1ccc(C2c3[nH]c4ccc(C5CCC5)cc4c3CCN2C(=O)Oc2ccc(Cl)cc2)cc1. The Morgan fingerprint density at radius 1 is 1.04 bits per heavy atom. The summed E-state index contributed by atoms with van der Waals surface area (Å²) in [6.07, 6.45) is 6.19. The van der Waals surface area contributed by atoms with E-state index in [-0.39, 0.29) is 19.1 Å². The molecule has 2 aliphatic rings. The number of nitrogens with one attached hydrogen (secondary N) is 1. The summed E-state index contributed by atoms with van der Waals surface area (Å²) in [5, 5.41) is 12.4. The molecule has 1 fully saturated rings. The van der Waals surface area contributed by atoms with Crippen LogP contribution in [0, 0.1) is 0 Å². The number of aromatic nitrogens is 2. The Morgan fingerprint density at radius 2 is 1.79 bits per heavy atom. The zero-order valence-corrected chi connectivity index (χ0v) is 28.9. The number of carbonyl (C=O) groups is 2. The highest BCUT2D eigenvalue weighted by Gasteiger charge is 2.36. The van der Waals surface area contributed by atoms with Crippen molar-refractivity contribution in [3.05, 3.63) is 124 Å². The minimum Gasteiger partial charge on any atom is -0.491 e. The second-order valence-corrected chi connectivity index (χ2v) is 13.8. The average molecular weight is 777 g/mol.